The normalized spacial score (nSPS) is 48.0. The largest absolute Gasteiger partial charge is 1.00 e. The zero-order valence-corrected chi connectivity index (χ0v) is 12.0. The Hall–Kier alpha value is 1.84. The Bertz CT molecular complexity index is 117. The molecule has 4 heterocycles. The second kappa shape index (κ2) is 4.57. The number of hydrogen-bond donors (Lipinski definition) is 0. The van der Waals surface area contributed by atoms with Crippen LogP contribution in [0.2, 0.25) is 0 Å². The Balaban J connectivity index is 0. The first-order chi connectivity index (χ1) is 4.90. The summed E-state index contributed by atoms with van der Waals surface area (Å²) in [5.74, 6) is 0. The van der Waals surface area contributed by atoms with E-state index >= 15 is 0 Å². The van der Waals surface area contributed by atoms with Crippen molar-refractivity contribution in [3.8, 4) is 0 Å². The summed E-state index contributed by atoms with van der Waals surface area (Å²) in [4.78, 5) is 9.88. The summed E-state index contributed by atoms with van der Waals surface area (Å²) in [7, 11) is 0. The molecule has 0 N–H and O–H groups in total. The maximum Gasteiger partial charge on any atom is 1.00 e. The maximum atomic E-state index is 2.47. The Morgan fingerprint density at radius 2 is 0.667 bits per heavy atom. The molecule has 0 amide bonds. The van der Waals surface area contributed by atoms with Crippen molar-refractivity contribution < 1.29 is 62.0 Å². The first kappa shape index (κ1) is 11.9. The fourth-order valence-electron chi connectivity index (χ4n) is 2.23. The Kier molecular flexibility index (Phi) is 4.54. The summed E-state index contributed by atoms with van der Waals surface area (Å²) in [5, 5.41) is 0. The van der Waals surface area contributed by atoms with Crippen LogP contribution >= 0.6 is 0 Å². The topological polar surface area (TPSA) is 13.0 Å². The SMILES string of the molecule is C1N2CN3CN1CN(C2)C3.[H-].[H-].[Na+].[Na+]. The predicted molar refractivity (Wildman–Crippen MR) is 38.8 cm³/mol. The van der Waals surface area contributed by atoms with Crippen molar-refractivity contribution in [2.24, 2.45) is 0 Å². The van der Waals surface area contributed by atoms with Crippen LogP contribution in [0.5, 0.6) is 0 Å². The van der Waals surface area contributed by atoms with Gasteiger partial charge in [-0.25, -0.2) is 0 Å². The fourth-order valence-corrected chi connectivity index (χ4v) is 2.23. The van der Waals surface area contributed by atoms with Gasteiger partial charge in [0, 0.05) is 0 Å². The van der Waals surface area contributed by atoms with Crippen LogP contribution in [-0.2, 0) is 0 Å². The minimum absolute atomic E-state index is 0. The molecule has 0 aromatic carbocycles. The van der Waals surface area contributed by atoms with Crippen molar-refractivity contribution in [2.75, 3.05) is 40.0 Å². The molecule has 0 aromatic rings. The summed E-state index contributed by atoms with van der Waals surface area (Å²) in [6, 6.07) is 0. The van der Waals surface area contributed by atoms with Gasteiger partial charge >= 0.3 is 59.1 Å². The molecule has 0 spiro atoms. The number of hydrogen-bond acceptors (Lipinski definition) is 4. The minimum Gasteiger partial charge on any atom is -1.00 e. The van der Waals surface area contributed by atoms with Crippen molar-refractivity contribution in [3.05, 3.63) is 0 Å². The van der Waals surface area contributed by atoms with Gasteiger partial charge < -0.3 is 2.85 Å². The second-order valence-electron chi connectivity index (χ2n) is 3.53. The van der Waals surface area contributed by atoms with Crippen LogP contribution in [0.15, 0.2) is 0 Å². The van der Waals surface area contributed by atoms with Crippen molar-refractivity contribution in [2.45, 2.75) is 0 Å². The molecule has 0 radical (unpaired) electrons. The van der Waals surface area contributed by atoms with E-state index in [1.165, 1.54) is 40.0 Å². The molecule has 0 aromatic heterocycles. The fraction of sp³-hybridized carbons (Fsp3) is 1.00. The smallest absolute Gasteiger partial charge is 1.00 e. The molecule has 0 aliphatic carbocycles. The van der Waals surface area contributed by atoms with Gasteiger partial charge in [-0.1, -0.05) is 0 Å². The van der Waals surface area contributed by atoms with Crippen LogP contribution in [0, 0.1) is 0 Å². The third kappa shape index (κ3) is 2.08. The molecule has 12 heavy (non-hydrogen) atoms. The third-order valence-corrected chi connectivity index (χ3v) is 2.40. The van der Waals surface area contributed by atoms with E-state index in [2.05, 4.69) is 19.6 Å². The molecule has 4 fully saturated rings. The van der Waals surface area contributed by atoms with Gasteiger partial charge in [0.2, 0.25) is 0 Å². The molecular formula is C6H14N4Na2. The van der Waals surface area contributed by atoms with Crippen LogP contribution in [0.1, 0.15) is 2.85 Å². The zero-order valence-electron chi connectivity index (χ0n) is 10.0. The van der Waals surface area contributed by atoms with Crippen LogP contribution in [0.3, 0.4) is 0 Å². The van der Waals surface area contributed by atoms with E-state index in [0.717, 1.165) is 0 Å². The van der Waals surface area contributed by atoms with Gasteiger partial charge in [0.05, 0.1) is 40.0 Å². The molecule has 60 valence electrons. The van der Waals surface area contributed by atoms with Gasteiger partial charge in [-0.3, -0.25) is 19.6 Å². The molecule has 4 bridgehead atoms. The average molecular weight is 188 g/mol. The van der Waals surface area contributed by atoms with Crippen LogP contribution in [0.4, 0.5) is 0 Å². The standard InChI is InChI=1S/C6H12N4.2Na.2H/c1-7-2-9-4-8(1)5-10(3-7)6-9;;;;/h1-6H2;;;;/q;2*+1;2*-1. The number of nitrogens with zero attached hydrogens (tertiary/aromatic N) is 4. The molecule has 0 unspecified atom stereocenters. The number of rotatable bonds is 0. The van der Waals surface area contributed by atoms with Crippen molar-refractivity contribution in [1.82, 2.24) is 19.6 Å². The van der Waals surface area contributed by atoms with Gasteiger partial charge in [0.15, 0.2) is 0 Å². The molecule has 0 saturated carbocycles. The summed E-state index contributed by atoms with van der Waals surface area (Å²) < 4.78 is 0. The first-order valence-corrected chi connectivity index (χ1v) is 3.79. The quantitative estimate of drug-likeness (QED) is 0.350. The van der Waals surface area contributed by atoms with Crippen molar-refractivity contribution in [1.29, 1.82) is 0 Å². The van der Waals surface area contributed by atoms with E-state index in [4.69, 9.17) is 0 Å². The van der Waals surface area contributed by atoms with E-state index in [0.29, 0.717) is 0 Å². The predicted octanol–water partition coefficient (Wildman–Crippen LogP) is -6.79. The van der Waals surface area contributed by atoms with Crippen LogP contribution in [-0.4, -0.2) is 59.6 Å². The molecular weight excluding hydrogens is 174 g/mol. The van der Waals surface area contributed by atoms with Gasteiger partial charge in [0.25, 0.3) is 0 Å². The van der Waals surface area contributed by atoms with Crippen LogP contribution < -0.4 is 59.1 Å². The second-order valence-corrected chi connectivity index (χ2v) is 3.53. The summed E-state index contributed by atoms with van der Waals surface area (Å²) in [6.45, 7) is 7.12. The maximum absolute atomic E-state index is 2.47. The molecule has 0 atom stereocenters. The van der Waals surface area contributed by atoms with E-state index in [1.807, 2.05) is 0 Å². The minimum atomic E-state index is 0. The van der Waals surface area contributed by atoms with Gasteiger partial charge in [-0.2, -0.15) is 0 Å². The summed E-state index contributed by atoms with van der Waals surface area (Å²) in [5.41, 5.74) is 0. The monoisotopic (exact) mass is 188 g/mol. The van der Waals surface area contributed by atoms with Gasteiger partial charge in [-0.15, -0.1) is 0 Å². The van der Waals surface area contributed by atoms with Crippen molar-refractivity contribution in [3.63, 3.8) is 0 Å². The zero-order chi connectivity index (χ0) is 6.55. The van der Waals surface area contributed by atoms with E-state index in [1.54, 1.807) is 0 Å². The van der Waals surface area contributed by atoms with E-state index in [9.17, 15) is 0 Å². The van der Waals surface area contributed by atoms with Crippen LogP contribution in [0.25, 0.3) is 0 Å². The Morgan fingerprint density at radius 3 is 0.833 bits per heavy atom. The molecule has 4 nitrogen and oxygen atoms in total. The Morgan fingerprint density at radius 1 is 0.500 bits per heavy atom. The molecule has 4 rings (SSSR count). The average Bonchev–Trinajstić information content (AvgIpc) is 1.82. The van der Waals surface area contributed by atoms with E-state index in [-0.39, 0.29) is 62.0 Å². The molecule has 6 heteroatoms. The Labute approximate surface area is 120 Å². The first-order valence-electron chi connectivity index (χ1n) is 3.79. The van der Waals surface area contributed by atoms with Gasteiger partial charge in [0.1, 0.15) is 0 Å². The molecule has 4 aliphatic heterocycles. The third-order valence-electron chi connectivity index (χ3n) is 2.40. The summed E-state index contributed by atoms with van der Waals surface area (Å²) >= 11 is 0. The molecule has 4 aliphatic rings. The van der Waals surface area contributed by atoms with E-state index < -0.39 is 0 Å². The summed E-state index contributed by atoms with van der Waals surface area (Å²) in [6.07, 6.45) is 0. The molecule has 4 saturated heterocycles. The van der Waals surface area contributed by atoms with Gasteiger partial charge in [-0.05, 0) is 0 Å². The van der Waals surface area contributed by atoms with Crippen molar-refractivity contribution >= 4 is 0 Å².